The summed E-state index contributed by atoms with van der Waals surface area (Å²) >= 11 is 3.29. The predicted molar refractivity (Wildman–Crippen MR) is 103 cm³/mol. The van der Waals surface area contributed by atoms with E-state index in [1.54, 1.807) is 24.3 Å². The van der Waals surface area contributed by atoms with E-state index in [0.29, 0.717) is 11.1 Å². The lowest BCUT2D eigenvalue weighted by atomic mass is 9.95. The van der Waals surface area contributed by atoms with Crippen LogP contribution in [0.2, 0.25) is 0 Å². The molecule has 3 rings (SSSR count). The number of aliphatic hydroxyl groups is 2. The summed E-state index contributed by atoms with van der Waals surface area (Å²) in [6, 6.07) is 10.9. The van der Waals surface area contributed by atoms with Crippen LogP contribution < -0.4 is 0 Å². The van der Waals surface area contributed by atoms with Crippen LogP contribution in [-0.4, -0.2) is 44.9 Å². The summed E-state index contributed by atoms with van der Waals surface area (Å²) in [5.41, 5.74) is 0.486. The monoisotopic (exact) mass is 446 g/mol. The van der Waals surface area contributed by atoms with Crippen molar-refractivity contribution < 1.29 is 24.7 Å². The molecule has 0 saturated carbocycles. The molecule has 1 fully saturated rings. The number of β-amino-alcohol motifs (C(OH)–C–C–N with tert-alkyl or cyclic N) is 1. The van der Waals surface area contributed by atoms with Gasteiger partial charge in [0.1, 0.15) is 5.76 Å². The zero-order chi connectivity index (χ0) is 20.4. The number of ketones is 1. The highest BCUT2D eigenvalue weighted by Gasteiger charge is 2.45. The van der Waals surface area contributed by atoms with E-state index in [1.165, 1.54) is 24.3 Å². The summed E-state index contributed by atoms with van der Waals surface area (Å²) < 4.78 is 0.775. The fourth-order valence-corrected chi connectivity index (χ4v) is 3.37. The minimum absolute atomic E-state index is 0.122. The van der Waals surface area contributed by atoms with Gasteiger partial charge in [-0.05, 0) is 29.8 Å². The Labute approximate surface area is 168 Å². The van der Waals surface area contributed by atoms with Crippen LogP contribution in [0, 0.1) is 10.1 Å². The SMILES string of the molecule is O=C1C(=O)N(CCO)[C@H](c2ccc([N+](=O)[O-])cc2)/C1=C(\O)c1ccc(Br)cc1. The Kier molecular flexibility index (Phi) is 5.57. The Morgan fingerprint density at radius 3 is 2.25 bits per heavy atom. The molecule has 28 heavy (non-hydrogen) atoms. The van der Waals surface area contributed by atoms with Gasteiger partial charge < -0.3 is 15.1 Å². The Hall–Kier alpha value is -3.04. The van der Waals surface area contributed by atoms with Crippen LogP contribution in [0.3, 0.4) is 0 Å². The first-order valence-corrected chi connectivity index (χ1v) is 9.04. The minimum atomic E-state index is -0.961. The molecule has 0 spiro atoms. The van der Waals surface area contributed by atoms with E-state index in [1.807, 2.05) is 0 Å². The van der Waals surface area contributed by atoms with Crippen LogP contribution in [0.15, 0.2) is 58.6 Å². The molecule has 0 bridgehead atoms. The largest absolute Gasteiger partial charge is 0.507 e. The van der Waals surface area contributed by atoms with E-state index in [2.05, 4.69) is 15.9 Å². The fraction of sp³-hybridized carbons (Fsp3) is 0.158. The van der Waals surface area contributed by atoms with Gasteiger partial charge in [0, 0.05) is 28.7 Å². The standard InChI is InChI=1S/C19H15BrN2O6/c20-13-5-1-12(2-6-13)17(24)15-16(21(9-10-23)19(26)18(15)25)11-3-7-14(8-4-11)22(27)28/h1-8,16,23-24H,9-10H2/b17-15+/t16-/m1/s1. The first-order valence-electron chi connectivity index (χ1n) is 8.24. The molecule has 8 nitrogen and oxygen atoms in total. The van der Waals surface area contributed by atoms with Crippen molar-refractivity contribution >= 4 is 39.1 Å². The lowest BCUT2D eigenvalue weighted by molar-refractivity contribution is -0.384. The average Bonchev–Trinajstić information content (AvgIpc) is 2.93. The molecule has 1 saturated heterocycles. The zero-order valence-corrected chi connectivity index (χ0v) is 16.0. The van der Waals surface area contributed by atoms with E-state index in [4.69, 9.17) is 0 Å². The molecule has 144 valence electrons. The third-order valence-corrected chi connectivity index (χ3v) is 4.95. The predicted octanol–water partition coefficient (Wildman–Crippen LogP) is 2.77. The van der Waals surface area contributed by atoms with E-state index >= 15 is 0 Å². The van der Waals surface area contributed by atoms with Gasteiger partial charge in [-0.15, -0.1) is 0 Å². The zero-order valence-electron chi connectivity index (χ0n) is 14.4. The van der Waals surface area contributed by atoms with Crippen LogP contribution in [0.25, 0.3) is 5.76 Å². The molecule has 1 aliphatic heterocycles. The van der Waals surface area contributed by atoms with Gasteiger partial charge in [0.2, 0.25) is 0 Å². The van der Waals surface area contributed by atoms with Crippen molar-refractivity contribution in [3.8, 4) is 0 Å². The Bertz CT molecular complexity index is 969. The maximum atomic E-state index is 12.6. The van der Waals surface area contributed by atoms with Crippen molar-refractivity contribution in [3.63, 3.8) is 0 Å². The molecule has 0 radical (unpaired) electrons. The molecule has 1 amide bonds. The second-order valence-electron chi connectivity index (χ2n) is 6.07. The van der Waals surface area contributed by atoms with Crippen molar-refractivity contribution in [1.82, 2.24) is 4.90 Å². The summed E-state index contributed by atoms with van der Waals surface area (Å²) in [5, 5.41) is 31.0. The quantitative estimate of drug-likeness (QED) is 0.239. The van der Waals surface area contributed by atoms with Crippen molar-refractivity contribution in [3.05, 3.63) is 79.8 Å². The lowest BCUT2D eigenvalue weighted by Crippen LogP contribution is -2.32. The van der Waals surface area contributed by atoms with Gasteiger partial charge in [-0.1, -0.05) is 28.1 Å². The molecule has 0 aliphatic carbocycles. The van der Waals surface area contributed by atoms with Crippen molar-refractivity contribution in [2.45, 2.75) is 6.04 Å². The van der Waals surface area contributed by atoms with E-state index in [0.717, 1.165) is 9.37 Å². The summed E-state index contributed by atoms with van der Waals surface area (Å²) in [4.78, 5) is 36.6. The molecule has 2 aromatic rings. The van der Waals surface area contributed by atoms with Gasteiger partial charge in [0.15, 0.2) is 0 Å². The normalized spacial score (nSPS) is 18.5. The van der Waals surface area contributed by atoms with Crippen molar-refractivity contribution in [1.29, 1.82) is 0 Å². The maximum Gasteiger partial charge on any atom is 0.295 e. The number of rotatable bonds is 5. The summed E-state index contributed by atoms with van der Waals surface area (Å²) in [6.45, 7) is -0.502. The molecule has 9 heteroatoms. The number of Topliss-reactive ketones (excluding diaryl/α,β-unsaturated/α-hetero) is 1. The van der Waals surface area contributed by atoms with Crippen LogP contribution in [0.4, 0.5) is 5.69 Å². The number of nitrogens with zero attached hydrogens (tertiary/aromatic N) is 2. The van der Waals surface area contributed by atoms with Gasteiger partial charge >= 0.3 is 0 Å². The number of carbonyl (C=O) groups excluding carboxylic acids is 2. The van der Waals surface area contributed by atoms with E-state index < -0.39 is 22.7 Å². The van der Waals surface area contributed by atoms with Crippen molar-refractivity contribution in [2.75, 3.05) is 13.2 Å². The number of likely N-dealkylation sites (tertiary alicyclic amines) is 1. The van der Waals surface area contributed by atoms with Gasteiger partial charge in [-0.3, -0.25) is 19.7 Å². The van der Waals surface area contributed by atoms with Crippen LogP contribution in [0.1, 0.15) is 17.2 Å². The Morgan fingerprint density at radius 2 is 1.71 bits per heavy atom. The summed E-state index contributed by atoms with van der Waals surface area (Å²) in [7, 11) is 0. The molecule has 0 unspecified atom stereocenters. The number of hydrogen-bond donors (Lipinski definition) is 2. The average molecular weight is 447 g/mol. The number of non-ortho nitro benzene ring substituents is 1. The van der Waals surface area contributed by atoms with Gasteiger partial charge in [0.05, 0.1) is 23.1 Å². The number of hydrogen-bond acceptors (Lipinski definition) is 6. The first kappa shape index (κ1) is 19.7. The molecule has 2 aromatic carbocycles. The lowest BCUT2D eigenvalue weighted by Gasteiger charge is -2.24. The number of aliphatic hydroxyl groups excluding tert-OH is 2. The number of amides is 1. The number of benzene rings is 2. The Balaban J connectivity index is 2.15. The second kappa shape index (κ2) is 7.91. The minimum Gasteiger partial charge on any atom is -0.507 e. The molecule has 1 heterocycles. The molecule has 1 atom stereocenters. The first-order chi connectivity index (χ1) is 13.3. The Morgan fingerprint density at radius 1 is 1.11 bits per heavy atom. The van der Waals surface area contributed by atoms with Gasteiger partial charge in [-0.2, -0.15) is 0 Å². The molecule has 2 N–H and O–H groups in total. The number of nitro benzene ring substituents is 1. The highest BCUT2D eigenvalue weighted by atomic mass is 79.9. The van der Waals surface area contributed by atoms with Crippen LogP contribution >= 0.6 is 15.9 Å². The number of nitro groups is 1. The molecule has 1 aliphatic rings. The summed E-state index contributed by atoms with van der Waals surface area (Å²) in [6.07, 6.45) is 0. The topological polar surface area (TPSA) is 121 Å². The van der Waals surface area contributed by atoms with Crippen molar-refractivity contribution in [2.24, 2.45) is 0 Å². The van der Waals surface area contributed by atoms with E-state index in [9.17, 15) is 29.9 Å². The molecular weight excluding hydrogens is 432 g/mol. The third-order valence-electron chi connectivity index (χ3n) is 4.42. The summed E-state index contributed by atoms with van der Waals surface area (Å²) in [5.74, 6) is -2.08. The molecular formula is C19H15BrN2O6. The maximum absolute atomic E-state index is 12.6. The smallest absolute Gasteiger partial charge is 0.295 e. The fourth-order valence-electron chi connectivity index (χ4n) is 3.11. The highest BCUT2D eigenvalue weighted by molar-refractivity contribution is 9.10. The molecule has 0 aromatic heterocycles. The van der Waals surface area contributed by atoms with Gasteiger partial charge in [-0.25, -0.2) is 0 Å². The second-order valence-corrected chi connectivity index (χ2v) is 6.99. The number of halogens is 1. The highest BCUT2D eigenvalue weighted by Crippen LogP contribution is 2.39. The van der Waals surface area contributed by atoms with Gasteiger partial charge in [0.25, 0.3) is 17.4 Å². The van der Waals surface area contributed by atoms with Crippen LogP contribution in [-0.2, 0) is 9.59 Å². The third kappa shape index (κ3) is 3.54. The van der Waals surface area contributed by atoms with E-state index in [-0.39, 0.29) is 30.2 Å². The van der Waals surface area contributed by atoms with Crippen LogP contribution in [0.5, 0.6) is 0 Å². The number of carbonyl (C=O) groups is 2.